The molecular formula is C14H26SSe. The maximum atomic E-state index is 4.09. The molecule has 0 spiro atoms. The van der Waals surface area contributed by atoms with Crippen LogP contribution in [0.3, 0.4) is 0 Å². The van der Waals surface area contributed by atoms with Gasteiger partial charge in [-0.05, 0) is 0 Å². The Kier molecular flexibility index (Phi) is 5.98. The van der Waals surface area contributed by atoms with Gasteiger partial charge in [0, 0.05) is 0 Å². The van der Waals surface area contributed by atoms with Crippen LogP contribution in [-0.4, -0.2) is 24.9 Å². The first-order valence-electron chi connectivity index (χ1n) is 6.38. The average Bonchev–Trinajstić information content (AvgIpc) is 2.40. The predicted molar refractivity (Wildman–Crippen MR) is 78.5 cm³/mol. The molecule has 1 heterocycles. The molecule has 0 aromatic rings. The maximum absolute atomic E-state index is 4.09. The molecule has 0 unspecified atom stereocenters. The molecule has 1 aliphatic rings. The van der Waals surface area contributed by atoms with Crippen molar-refractivity contribution in [3.05, 3.63) is 12.2 Å². The van der Waals surface area contributed by atoms with Crippen LogP contribution in [0.15, 0.2) is 12.2 Å². The van der Waals surface area contributed by atoms with Gasteiger partial charge in [-0.1, -0.05) is 0 Å². The van der Waals surface area contributed by atoms with E-state index in [1.807, 2.05) is 0 Å². The van der Waals surface area contributed by atoms with E-state index in [1.165, 1.54) is 37.0 Å². The Morgan fingerprint density at radius 3 is 2.75 bits per heavy atom. The summed E-state index contributed by atoms with van der Waals surface area (Å²) in [5.74, 6) is 2.28. The van der Waals surface area contributed by atoms with Crippen molar-refractivity contribution in [2.45, 2.75) is 61.8 Å². The van der Waals surface area contributed by atoms with Gasteiger partial charge in [-0.2, -0.15) is 0 Å². The molecule has 1 rings (SSSR count). The van der Waals surface area contributed by atoms with Gasteiger partial charge >= 0.3 is 112 Å². The van der Waals surface area contributed by atoms with Crippen molar-refractivity contribution in [2.24, 2.45) is 5.92 Å². The number of hydrogen-bond acceptors (Lipinski definition) is 1. The fraction of sp³-hybridized carbons (Fsp3) is 0.857. The molecule has 0 aromatic carbocycles. The van der Waals surface area contributed by atoms with Crippen LogP contribution in [0, 0.1) is 5.92 Å². The van der Waals surface area contributed by atoms with E-state index in [2.05, 4.69) is 46.0 Å². The van der Waals surface area contributed by atoms with E-state index in [4.69, 9.17) is 0 Å². The van der Waals surface area contributed by atoms with Gasteiger partial charge in [-0.25, -0.2) is 0 Å². The molecular weight excluding hydrogens is 279 g/mol. The van der Waals surface area contributed by atoms with Crippen molar-refractivity contribution >= 4 is 26.7 Å². The number of thioether (sulfide) groups is 1. The van der Waals surface area contributed by atoms with Crippen LogP contribution in [0.1, 0.15) is 53.4 Å². The van der Waals surface area contributed by atoms with Crippen molar-refractivity contribution in [3.8, 4) is 0 Å². The molecule has 0 amide bonds. The fourth-order valence-electron chi connectivity index (χ4n) is 2.32. The summed E-state index contributed by atoms with van der Waals surface area (Å²) in [4.78, 5) is 0. The van der Waals surface area contributed by atoms with E-state index in [0.29, 0.717) is 4.31 Å². The first kappa shape index (κ1) is 14.7. The average molecular weight is 305 g/mol. The molecule has 0 nitrogen and oxygen atoms in total. The number of unbranched alkanes of at least 4 members (excludes halogenated alkanes) is 1. The van der Waals surface area contributed by atoms with Crippen molar-refractivity contribution in [1.82, 2.24) is 0 Å². The van der Waals surface area contributed by atoms with Gasteiger partial charge < -0.3 is 0 Å². The second-order valence-electron chi connectivity index (χ2n) is 5.60. The van der Waals surface area contributed by atoms with E-state index >= 15 is 0 Å². The molecule has 0 N–H and O–H groups in total. The Balaban J connectivity index is 2.47. The van der Waals surface area contributed by atoms with Crippen LogP contribution in [0.25, 0.3) is 0 Å². The summed E-state index contributed by atoms with van der Waals surface area (Å²) >= 11 is 3.06. The molecule has 0 saturated carbocycles. The van der Waals surface area contributed by atoms with E-state index in [9.17, 15) is 0 Å². The Hall–Kier alpha value is 0.609. The predicted octanol–water partition coefficient (Wildman–Crippen LogP) is 4.73. The summed E-state index contributed by atoms with van der Waals surface area (Å²) in [6.07, 6.45) is 5.40. The number of rotatable bonds is 6. The Morgan fingerprint density at radius 2 is 2.19 bits per heavy atom. The van der Waals surface area contributed by atoms with Crippen LogP contribution in [0.2, 0.25) is 4.31 Å². The summed E-state index contributed by atoms with van der Waals surface area (Å²) in [5, 5.41) is 0. The van der Waals surface area contributed by atoms with Gasteiger partial charge in [-0.15, -0.1) is 0 Å². The normalized spacial score (nSPS) is 28.2. The van der Waals surface area contributed by atoms with E-state index in [1.54, 1.807) is 0 Å². The summed E-state index contributed by atoms with van der Waals surface area (Å²) in [6.45, 7) is 13.5. The third kappa shape index (κ3) is 4.85. The minimum absolute atomic E-state index is 0.622. The summed E-state index contributed by atoms with van der Waals surface area (Å²) in [6, 6.07) is 0. The van der Waals surface area contributed by atoms with Gasteiger partial charge in [-0.3, -0.25) is 0 Å². The second kappa shape index (κ2) is 6.52. The molecule has 1 fully saturated rings. The molecule has 0 aliphatic carbocycles. The summed E-state index contributed by atoms with van der Waals surface area (Å²) in [7, 11) is 0. The summed E-state index contributed by atoms with van der Waals surface area (Å²) in [5.41, 5.74) is 1.37. The second-order valence-corrected chi connectivity index (χ2v) is 11.4. The van der Waals surface area contributed by atoms with Crippen LogP contribution < -0.4 is 0 Å². The first-order chi connectivity index (χ1) is 7.44. The molecule has 2 heteroatoms. The standard InChI is InChI=1S/C14H26SSe/c1-6-7-8-15-13-12(9-11(2)3)10-14(4,5)16-13/h12-13H,2,6-10H2,1,3-5H3/t12-,13+/m0/s1. The van der Waals surface area contributed by atoms with E-state index in [-0.39, 0.29) is 0 Å². The molecule has 2 atom stereocenters. The number of hydrogen-bond donors (Lipinski definition) is 0. The minimum atomic E-state index is 0.622. The van der Waals surface area contributed by atoms with Crippen molar-refractivity contribution in [2.75, 3.05) is 5.75 Å². The fourth-order valence-corrected chi connectivity index (χ4v) is 8.70. The van der Waals surface area contributed by atoms with Gasteiger partial charge in [0.1, 0.15) is 0 Å². The van der Waals surface area contributed by atoms with Crippen LogP contribution in [0.4, 0.5) is 0 Å². The quantitative estimate of drug-likeness (QED) is 0.388. The topological polar surface area (TPSA) is 0 Å². The Bertz CT molecular complexity index is 235. The molecule has 1 aliphatic heterocycles. The van der Waals surface area contributed by atoms with Crippen LogP contribution in [-0.2, 0) is 0 Å². The molecule has 1 saturated heterocycles. The SMILES string of the molecule is C=C(C)C[C@H]1CC(C)(C)[Se][C@H]1SCCCC. The van der Waals surface area contributed by atoms with Gasteiger partial charge in [0.15, 0.2) is 0 Å². The van der Waals surface area contributed by atoms with Crippen LogP contribution >= 0.6 is 11.8 Å². The molecule has 94 valence electrons. The molecule has 0 aromatic heterocycles. The third-order valence-corrected chi connectivity index (χ3v) is 8.54. The monoisotopic (exact) mass is 306 g/mol. The Labute approximate surface area is 112 Å². The zero-order valence-electron chi connectivity index (χ0n) is 11.2. The molecule has 16 heavy (non-hydrogen) atoms. The van der Waals surface area contributed by atoms with Crippen LogP contribution in [0.5, 0.6) is 0 Å². The van der Waals surface area contributed by atoms with Gasteiger partial charge in [0.2, 0.25) is 0 Å². The van der Waals surface area contributed by atoms with E-state index < -0.39 is 0 Å². The van der Waals surface area contributed by atoms with E-state index in [0.717, 1.165) is 25.0 Å². The Morgan fingerprint density at radius 1 is 1.50 bits per heavy atom. The van der Waals surface area contributed by atoms with Crippen molar-refractivity contribution < 1.29 is 0 Å². The number of allylic oxidation sites excluding steroid dienone is 1. The zero-order valence-corrected chi connectivity index (χ0v) is 13.7. The van der Waals surface area contributed by atoms with Gasteiger partial charge in [0.05, 0.1) is 0 Å². The van der Waals surface area contributed by atoms with Crippen molar-refractivity contribution in [1.29, 1.82) is 0 Å². The molecule has 0 bridgehead atoms. The molecule has 0 radical (unpaired) electrons. The van der Waals surface area contributed by atoms with Gasteiger partial charge in [0.25, 0.3) is 0 Å². The zero-order chi connectivity index (χ0) is 12.2. The van der Waals surface area contributed by atoms with Crippen molar-refractivity contribution in [3.63, 3.8) is 0 Å². The summed E-state index contributed by atoms with van der Waals surface area (Å²) < 4.78 is 1.57. The third-order valence-electron chi connectivity index (χ3n) is 2.96. The first-order valence-corrected chi connectivity index (χ1v) is 9.28.